The van der Waals surface area contributed by atoms with Gasteiger partial charge in [-0.2, -0.15) is 0 Å². The van der Waals surface area contributed by atoms with E-state index in [0.717, 1.165) is 35.5 Å². The number of rotatable bonds is 7. The van der Waals surface area contributed by atoms with Crippen LogP contribution in [0.2, 0.25) is 0 Å². The zero-order valence-electron chi connectivity index (χ0n) is 39.7. The van der Waals surface area contributed by atoms with Gasteiger partial charge in [0.2, 0.25) is 0 Å². The van der Waals surface area contributed by atoms with Crippen molar-refractivity contribution in [3.8, 4) is 11.1 Å². The van der Waals surface area contributed by atoms with Crippen LogP contribution in [0.4, 0.5) is 28.4 Å². The van der Waals surface area contributed by atoms with E-state index in [-0.39, 0.29) is 10.8 Å². The van der Waals surface area contributed by atoms with Crippen molar-refractivity contribution in [1.82, 2.24) is 0 Å². The molecule has 9 aromatic rings. The van der Waals surface area contributed by atoms with Gasteiger partial charge in [0.25, 0.3) is 0 Å². The van der Waals surface area contributed by atoms with E-state index in [1.807, 2.05) is 0 Å². The lowest BCUT2D eigenvalue weighted by atomic mass is 9.82. The molecule has 0 aliphatic heterocycles. The predicted octanol–water partition coefficient (Wildman–Crippen LogP) is 17.7. The zero-order chi connectivity index (χ0) is 45.8. The summed E-state index contributed by atoms with van der Waals surface area (Å²) in [5.74, 6) is 0. The minimum Gasteiger partial charge on any atom is -0.309 e. The highest BCUT2D eigenvalue weighted by Gasteiger charge is 2.33. The number of benzene rings is 9. The first kappa shape index (κ1) is 41.5. The van der Waals surface area contributed by atoms with Gasteiger partial charge in [0.1, 0.15) is 0 Å². The van der Waals surface area contributed by atoms with Gasteiger partial charge in [0.15, 0.2) is 0 Å². The van der Waals surface area contributed by atoms with E-state index in [1.54, 1.807) is 0 Å². The van der Waals surface area contributed by atoms with Gasteiger partial charge in [-0.25, -0.2) is 0 Å². The molecular weight excluding hydrogens is 797 g/mol. The van der Waals surface area contributed by atoms with E-state index in [0.29, 0.717) is 0 Å². The second-order valence-electron chi connectivity index (χ2n) is 20.7. The van der Waals surface area contributed by atoms with E-state index >= 15 is 0 Å². The fourth-order valence-corrected chi connectivity index (χ4v) is 11.5. The van der Waals surface area contributed by atoms with Gasteiger partial charge < -0.3 is 9.80 Å². The highest BCUT2D eigenvalue weighted by atomic mass is 15.2. The summed E-state index contributed by atoms with van der Waals surface area (Å²) in [6, 6.07) is 56.9. The summed E-state index contributed by atoms with van der Waals surface area (Å²) in [7, 11) is 0. The molecule has 11 rings (SSSR count). The van der Waals surface area contributed by atoms with Crippen LogP contribution in [0, 0.1) is 13.8 Å². The van der Waals surface area contributed by atoms with Crippen molar-refractivity contribution in [3.05, 3.63) is 227 Å². The Kier molecular flexibility index (Phi) is 9.57. The van der Waals surface area contributed by atoms with E-state index in [4.69, 9.17) is 6.58 Å². The maximum atomic E-state index is 4.78. The van der Waals surface area contributed by atoms with Crippen LogP contribution in [0.15, 0.2) is 182 Å². The zero-order valence-corrected chi connectivity index (χ0v) is 39.7. The molecule has 2 aliphatic rings. The van der Waals surface area contributed by atoms with E-state index in [2.05, 4.69) is 230 Å². The summed E-state index contributed by atoms with van der Waals surface area (Å²) in [6.07, 6.45) is 3.77. The number of hydrogen-bond donors (Lipinski definition) is 0. The monoisotopic (exact) mass is 854 g/mol. The molecule has 0 N–H and O–H groups in total. The lowest BCUT2D eigenvalue weighted by Gasteiger charge is -2.32. The topological polar surface area (TPSA) is 6.48 Å². The van der Waals surface area contributed by atoms with Crippen molar-refractivity contribution in [2.24, 2.45) is 0 Å². The third-order valence-corrected chi connectivity index (χ3v) is 14.6. The molecule has 66 heavy (non-hydrogen) atoms. The largest absolute Gasteiger partial charge is 0.309 e. The fraction of sp³-hybridized carbons (Fsp3) is 0.188. The highest BCUT2D eigenvalue weighted by molar-refractivity contribution is 6.28. The smallest absolute Gasteiger partial charge is 0.0540 e. The molecule has 2 nitrogen and oxygen atoms in total. The average molecular weight is 855 g/mol. The summed E-state index contributed by atoms with van der Waals surface area (Å²) < 4.78 is 0. The summed E-state index contributed by atoms with van der Waals surface area (Å²) >= 11 is 0. The summed E-state index contributed by atoms with van der Waals surface area (Å²) in [6.45, 7) is 27.7. The molecule has 0 aromatic heterocycles. The SMILES string of the molecule is C=C/C(=C1/Cc2c(cccc2C(C)(C)C)C1=C)N(c1ccccc1C)c1ccc2ccc3c(N(c4ccccc4C)c4cccc5c4Cc4c-5cccc4C(C)(C)C)ccc4ccc1c2c43. The molecule has 0 unspecified atom stereocenters. The van der Waals surface area contributed by atoms with Crippen molar-refractivity contribution < 1.29 is 0 Å². The highest BCUT2D eigenvalue weighted by Crippen LogP contribution is 2.52. The van der Waals surface area contributed by atoms with Gasteiger partial charge in [-0.3, -0.25) is 0 Å². The Morgan fingerprint density at radius 3 is 1.55 bits per heavy atom. The quantitative estimate of drug-likeness (QED) is 0.147. The van der Waals surface area contributed by atoms with E-state index < -0.39 is 0 Å². The van der Waals surface area contributed by atoms with Crippen LogP contribution in [0.1, 0.15) is 86.1 Å². The Labute approximate surface area is 391 Å². The first-order valence-electron chi connectivity index (χ1n) is 23.6. The molecule has 2 heteroatoms. The Balaban J connectivity index is 1.15. The Morgan fingerprint density at radius 1 is 0.470 bits per heavy atom. The minimum atomic E-state index is 0.00613. The van der Waals surface area contributed by atoms with Gasteiger partial charge >= 0.3 is 0 Å². The maximum Gasteiger partial charge on any atom is 0.0540 e. The number of fused-ring (bicyclic) bond motifs is 4. The summed E-state index contributed by atoms with van der Waals surface area (Å²) in [5, 5.41) is 7.43. The minimum absolute atomic E-state index is 0.00613. The molecule has 0 spiro atoms. The van der Waals surface area contributed by atoms with Crippen LogP contribution < -0.4 is 9.80 Å². The van der Waals surface area contributed by atoms with E-state index in [1.165, 1.54) is 111 Å². The number of nitrogens with zero attached hydrogens (tertiary/aromatic N) is 2. The first-order chi connectivity index (χ1) is 31.7. The maximum absolute atomic E-state index is 4.78. The lowest BCUT2D eigenvalue weighted by Crippen LogP contribution is -2.19. The van der Waals surface area contributed by atoms with Gasteiger partial charge in [-0.15, -0.1) is 0 Å². The summed E-state index contributed by atoms with van der Waals surface area (Å²) in [4.78, 5) is 5.02. The molecule has 9 aromatic carbocycles. The van der Waals surface area contributed by atoms with Crippen molar-refractivity contribution in [2.75, 3.05) is 9.80 Å². The van der Waals surface area contributed by atoms with Gasteiger partial charge in [-0.1, -0.05) is 176 Å². The average Bonchev–Trinajstić information content (AvgIpc) is 3.85. The number of para-hydroxylation sites is 2. The summed E-state index contributed by atoms with van der Waals surface area (Å²) in [5.41, 5.74) is 22.6. The molecule has 0 amide bonds. The second-order valence-corrected chi connectivity index (χ2v) is 20.7. The van der Waals surface area contributed by atoms with Crippen molar-refractivity contribution in [2.45, 2.75) is 79.1 Å². The van der Waals surface area contributed by atoms with Gasteiger partial charge in [0, 0.05) is 40.7 Å². The fourth-order valence-electron chi connectivity index (χ4n) is 11.5. The lowest BCUT2D eigenvalue weighted by molar-refractivity contribution is 0.584. The normalized spacial score (nSPS) is 14.2. The molecule has 0 saturated carbocycles. The Bertz CT molecular complexity index is 3510. The molecule has 324 valence electrons. The van der Waals surface area contributed by atoms with Crippen LogP contribution >= 0.6 is 0 Å². The molecule has 0 bridgehead atoms. The van der Waals surface area contributed by atoms with Crippen molar-refractivity contribution in [3.63, 3.8) is 0 Å². The van der Waals surface area contributed by atoms with Gasteiger partial charge in [0.05, 0.1) is 17.1 Å². The Morgan fingerprint density at radius 2 is 0.955 bits per heavy atom. The second kappa shape index (κ2) is 15.2. The molecule has 2 aliphatic carbocycles. The Hall–Kier alpha value is -7.16. The molecule has 0 fully saturated rings. The van der Waals surface area contributed by atoms with Crippen LogP contribution in [-0.2, 0) is 23.7 Å². The molecule has 0 heterocycles. The van der Waals surface area contributed by atoms with Crippen LogP contribution in [0.25, 0.3) is 49.0 Å². The number of aryl methyl sites for hydroxylation is 2. The number of anilines is 5. The van der Waals surface area contributed by atoms with Crippen molar-refractivity contribution in [1.29, 1.82) is 0 Å². The molecule has 0 atom stereocenters. The third-order valence-electron chi connectivity index (χ3n) is 14.6. The molecule has 0 saturated heterocycles. The van der Waals surface area contributed by atoms with Crippen LogP contribution in [0.5, 0.6) is 0 Å². The first-order valence-corrected chi connectivity index (χ1v) is 23.6. The molecule has 0 radical (unpaired) electrons. The number of allylic oxidation sites excluding steroid dienone is 3. The van der Waals surface area contributed by atoms with Crippen LogP contribution in [0.3, 0.4) is 0 Å². The van der Waals surface area contributed by atoms with Crippen molar-refractivity contribution >= 4 is 66.3 Å². The third kappa shape index (κ3) is 6.37. The number of hydrogen-bond acceptors (Lipinski definition) is 2. The van der Waals surface area contributed by atoms with E-state index in [9.17, 15) is 0 Å². The standard InChI is InChI=1S/C64H58N2/c1-11-55(49-37-50-44(41(49)4)21-16-24-53(50)63(5,6)7)65(56-26-14-12-19-39(56)2)59-35-31-42-30-34-48-60(36-32-43-29-33-47(59)61(42)62(43)48)66(57-27-15-13-20-40(57)3)58-28-18-23-46-45-22-17-25-54(64(8,9)10)51(45)38-52(46)58/h11-36H,1,4,37-38H2,2-3,5-10H3/b55-49+. The van der Waals surface area contributed by atoms with Crippen LogP contribution in [-0.4, -0.2) is 0 Å². The molecular formula is C64H58N2. The predicted molar refractivity (Wildman–Crippen MR) is 285 cm³/mol. The van der Waals surface area contributed by atoms with Gasteiger partial charge in [-0.05, 0) is 149 Å².